The van der Waals surface area contributed by atoms with Gasteiger partial charge in [0.2, 0.25) is 0 Å². The maximum absolute atomic E-state index is 9.69. The fraction of sp³-hybridized carbons (Fsp3) is 0.571. The second-order valence-corrected chi connectivity index (χ2v) is 4.75. The van der Waals surface area contributed by atoms with Crippen molar-refractivity contribution >= 4 is 0 Å². The van der Waals surface area contributed by atoms with Gasteiger partial charge in [0.25, 0.3) is 0 Å². The first-order valence-electron chi connectivity index (χ1n) is 5.95. The molecule has 1 N–H and O–H groups in total. The molecule has 1 aromatic rings. The highest BCUT2D eigenvalue weighted by atomic mass is 16.5. The number of aliphatic hydroxyl groups is 1. The molecule has 0 aromatic heterocycles. The Hall–Kier alpha value is -1.02. The summed E-state index contributed by atoms with van der Waals surface area (Å²) in [5.41, 5.74) is 1.22. The third kappa shape index (κ3) is 5.17. The highest BCUT2D eigenvalue weighted by molar-refractivity contribution is 5.26. The molecule has 0 amide bonds. The summed E-state index contributed by atoms with van der Waals surface area (Å²) in [6, 6.07) is 7.89. The van der Waals surface area contributed by atoms with Gasteiger partial charge in [-0.1, -0.05) is 31.5 Å². The minimum atomic E-state index is -0.358. The Morgan fingerprint density at radius 1 is 1.12 bits per heavy atom. The predicted octanol–water partition coefficient (Wildman–Crippen LogP) is 3.17. The maximum Gasteiger partial charge on any atom is 0.119 e. The number of hydrogen-bond donors (Lipinski definition) is 1. The molecule has 0 heterocycles. The van der Waals surface area contributed by atoms with Gasteiger partial charge in [0.1, 0.15) is 12.4 Å². The molecule has 0 radical (unpaired) electrons. The van der Waals surface area contributed by atoms with Crippen LogP contribution >= 0.6 is 0 Å². The van der Waals surface area contributed by atoms with Gasteiger partial charge < -0.3 is 9.84 Å². The molecule has 2 nitrogen and oxygen atoms in total. The lowest BCUT2D eigenvalue weighted by molar-refractivity contribution is 0.0950. The zero-order valence-corrected chi connectivity index (χ0v) is 10.4. The van der Waals surface area contributed by atoms with Gasteiger partial charge in [-0.3, -0.25) is 0 Å². The molecule has 90 valence electrons. The molecule has 16 heavy (non-hydrogen) atoms. The van der Waals surface area contributed by atoms with Crippen LogP contribution in [0.5, 0.6) is 5.75 Å². The topological polar surface area (TPSA) is 29.5 Å². The van der Waals surface area contributed by atoms with Gasteiger partial charge in [-0.25, -0.2) is 0 Å². The van der Waals surface area contributed by atoms with E-state index in [1.165, 1.54) is 5.56 Å². The van der Waals surface area contributed by atoms with Crippen molar-refractivity contribution in [2.45, 2.75) is 39.7 Å². The standard InChI is InChI=1S/C14H22O2/c1-11(2)4-7-13(15)10-16-14-8-5-12(3)6-9-14/h5-6,8-9,11,13,15H,4,7,10H2,1-3H3/t13-/m1/s1. The van der Waals surface area contributed by atoms with Crippen LogP contribution in [0.3, 0.4) is 0 Å². The number of ether oxygens (including phenoxy) is 1. The van der Waals surface area contributed by atoms with Crippen molar-refractivity contribution in [3.05, 3.63) is 29.8 Å². The van der Waals surface area contributed by atoms with Gasteiger partial charge in [0.15, 0.2) is 0 Å². The molecule has 0 saturated heterocycles. The lowest BCUT2D eigenvalue weighted by Crippen LogP contribution is -2.18. The van der Waals surface area contributed by atoms with Crippen LogP contribution in [0.4, 0.5) is 0 Å². The molecule has 0 bridgehead atoms. The molecule has 0 fully saturated rings. The lowest BCUT2D eigenvalue weighted by Gasteiger charge is -2.13. The van der Waals surface area contributed by atoms with E-state index in [0.29, 0.717) is 12.5 Å². The lowest BCUT2D eigenvalue weighted by atomic mass is 10.1. The van der Waals surface area contributed by atoms with Crippen LogP contribution in [0.25, 0.3) is 0 Å². The molecule has 2 heteroatoms. The minimum Gasteiger partial charge on any atom is -0.491 e. The molecule has 0 saturated carbocycles. The zero-order valence-electron chi connectivity index (χ0n) is 10.4. The normalized spacial score (nSPS) is 12.8. The minimum absolute atomic E-state index is 0.358. The molecule has 0 aliphatic carbocycles. The quantitative estimate of drug-likeness (QED) is 0.801. The summed E-state index contributed by atoms with van der Waals surface area (Å²) < 4.78 is 5.51. The summed E-state index contributed by atoms with van der Waals surface area (Å²) in [7, 11) is 0. The van der Waals surface area contributed by atoms with Crippen LogP contribution in [0.2, 0.25) is 0 Å². The summed E-state index contributed by atoms with van der Waals surface area (Å²) in [5, 5.41) is 9.69. The van der Waals surface area contributed by atoms with Crippen molar-refractivity contribution in [2.24, 2.45) is 5.92 Å². The first-order valence-corrected chi connectivity index (χ1v) is 5.95. The van der Waals surface area contributed by atoms with Crippen molar-refractivity contribution in [3.63, 3.8) is 0 Å². The van der Waals surface area contributed by atoms with E-state index >= 15 is 0 Å². The van der Waals surface area contributed by atoms with Crippen molar-refractivity contribution < 1.29 is 9.84 Å². The Labute approximate surface area is 98.3 Å². The second-order valence-electron chi connectivity index (χ2n) is 4.75. The first kappa shape index (κ1) is 13.0. The predicted molar refractivity (Wildman–Crippen MR) is 66.8 cm³/mol. The molecule has 1 atom stereocenters. The Bertz CT molecular complexity index is 290. The van der Waals surface area contributed by atoms with Crippen molar-refractivity contribution in [2.75, 3.05) is 6.61 Å². The number of aryl methyl sites for hydroxylation is 1. The van der Waals surface area contributed by atoms with Gasteiger partial charge in [-0.05, 0) is 37.8 Å². The van der Waals surface area contributed by atoms with Crippen LogP contribution in [0, 0.1) is 12.8 Å². The first-order chi connectivity index (χ1) is 7.58. The highest BCUT2D eigenvalue weighted by Gasteiger charge is 2.06. The third-order valence-electron chi connectivity index (χ3n) is 2.54. The summed E-state index contributed by atoms with van der Waals surface area (Å²) >= 11 is 0. The Morgan fingerprint density at radius 3 is 2.31 bits per heavy atom. The molecule has 1 rings (SSSR count). The van der Waals surface area contributed by atoms with Gasteiger partial charge in [-0.15, -0.1) is 0 Å². The Morgan fingerprint density at radius 2 is 1.75 bits per heavy atom. The summed E-state index contributed by atoms with van der Waals surface area (Å²) in [5.74, 6) is 1.46. The van der Waals surface area contributed by atoms with E-state index in [-0.39, 0.29) is 6.10 Å². The summed E-state index contributed by atoms with van der Waals surface area (Å²) in [6.07, 6.45) is 1.49. The van der Waals surface area contributed by atoms with Crippen LogP contribution < -0.4 is 4.74 Å². The highest BCUT2D eigenvalue weighted by Crippen LogP contribution is 2.13. The summed E-state index contributed by atoms with van der Waals surface area (Å²) in [6.45, 7) is 6.75. The average molecular weight is 222 g/mol. The van der Waals surface area contributed by atoms with E-state index in [9.17, 15) is 5.11 Å². The SMILES string of the molecule is Cc1ccc(OC[C@H](O)CCC(C)C)cc1. The average Bonchev–Trinajstić information content (AvgIpc) is 2.25. The second kappa shape index (κ2) is 6.54. The smallest absolute Gasteiger partial charge is 0.119 e. The van der Waals surface area contributed by atoms with Gasteiger partial charge in [0, 0.05) is 0 Å². The van der Waals surface area contributed by atoms with Gasteiger partial charge >= 0.3 is 0 Å². The van der Waals surface area contributed by atoms with Crippen LogP contribution in [0.15, 0.2) is 24.3 Å². The van der Waals surface area contributed by atoms with E-state index in [4.69, 9.17) is 4.74 Å². The molecule has 0 aliphatic heterocycles. The van der Waals surface area contributed by atoms with Crippen molar-refractivity contribution in [1.82, 2.24) is 0 Å². The number of benzene rings is 1. The summed E-state index contributed by atoms with van der Waals surface area (Å²) in [4.78, 5) is 0. The molecular formula is C14H22O2. The van der Waals surface area contributed by atoms with E-state index in [1.54, 1.807) is 0 Å². The van der Waals surface area contributed by atoms with E-state index in [1.807, 2.05) is 31.2 Å². The fourth-order valence-electron chi connectivity index (χ4n) is 1.44. The van der Waals surface area contributed by atoms with Crippen molar-refractivity contribution in [3.8, 4) is 5.75 Å². The van der Waals surface area contributed by atoms with Crippen LogP contribution in [0.1, 0.15) is 32.3 Å². The van der Waals surface area contributed by atoms with Crippen LogP contribution in [-0.4, -0.2) is 17.8 Å². The molecular weight excluding hydrogens is 200 g/mol. The number of aliphatic hydroxyl groups excluding tert-OH is 1. The van der Waals surface area contributed by atoms with E-state index in [0.717, 1.165) is 18.6 Å². The third-order valence-corrected chi connectivity index (χ3v) is 2.54. The number of rotatable bonds is 6. The number of hydrogen-bond acceptors (Lipinski definition) is 2. The van der Waals surface area contributed by atoms with Gasteiger partial charge in [-0.2, -0.15) is 0 Å². The largest absolute Gasteiger partial charge is 0.491 e. The monoisotopic (exact) mass is 222 g/mol. The molecule has 0 spiro atoms. The maximum atomic E-state index is 9.69. The van der Waals surface area contributed by atoms with E-state index in [2.05, 4.69) is 13.8 Å². The van der Waals surface area contributed by atoms with Crippen molar-refractivity contribution in [1.29, 1.82) is 0 Å². The Balaban J connectivity index is 2.26. The molecule has 0 unspecified atom stereocenters. The zero-order chi connectivity index (χ0) is 12.0. The molecule has 0 aliphatic rings. The van der Waals surface area contributed by atoms with Gasteiger partial charge in [0.05, 0.1) is 6.10 Å². The molecule has 1 aromatic carbocycles. The fourth-order valence-corrected chi connectivity index (χ4v) is 1.44. The van der Waals surface area contributed by atoms with Crippen LogP contribution in [-0.2, 0) is 0 Å². The van der Waals surface area contributed by atoms with E-state index < -0.39 is 0 Å². The Kier molecular flexibility index (Phi) is 5.33.